The van der Waals surface area contributed by atoms with Gasteiger partial charge in [0.15, 0.2) is 0 Å². The second kappa shape index (κ2) is 4.65. The lowest BCUT2D eigenvalue weighted by atomic mass is 10.2. The number of pyridine rings is 1. The van der Waals surface area contributed by atoms with Gasteiger partial charge in [-0.25, -0.2) is 0 Å². The predicted molar refractivity (Wildman–Crippen MR) is 76.7 cm³/mol. The molecule has 1 heterocycles. The molecule has 1 rings (SSSR count). The Labute approximate surface area is 111 Å². The molecule has 0 bridgehead atoms. The smallest absolute Gasteiger partial charge is 0.291 e. The van der Waals surface area contributed by atoms with E-state index in [4.69, 9.17) is 4.74 Å². The summed E-state index contributed by atoms with van der Waals surface area (Å²) in [6.07, 6.45) is 3.25. The van der Waals surface area contributed by atoms with Crippen molar-refractivity contribution in [1.82, 2.24) is 4.98 Å². The summed E-state index contributed by atoms with van der Waals surface area (Å²) < 4.78 is 21.3. The number of hydrogen-bond donors (Lipinski definition) is 0. The molecule has 0 aromatic carbocycles. The van der Waals surface area contributed by atoms with Gasteiger partial charge >= 0.3 is 0 Å². The number of aromatic nitrogens is 1. The Kier molecular flexibility index (Phi) is 3.91. The quantitative estimate of drug-likeness (QED) is 0.601. The van der Waals surface area contributed by atoms with Gasteiger partial charge in [0.25, 0.3) is 8.41 Å². The maximum atomic E-state index is 16.0. The monoisotopic (exact) mass is 269 g/mol. The van der Waals surface area contributed by atoms with Crippen molar-refractivity contribution < 1.29 is 8.84 Å². The fraction of sp³-hybridized carbons (Fsp3) is 0.643. The average molecular weight is 269 g/mol. The molecule has 0 saturated carbocycles. The van der Waals surface area contributed by atoms with Crippen LogP contribution in [0.4, 0.5) is 4.11 Å². The summed E-state index contributed by atoms with van der Waals surface area (Å²) in [7, 11) is -1.69. The van der Waals surface area contributed by atoms with Crippen molar-refractivity contribution in [2.45, 2.75) is 51.6 Å². The lowest BCUT2D eigenvalue weighted by Gasteiger charge is -2.45. The minimum Gasteiger partial charge on any atom is -0.495 e. The highest BCUT2D eigenvalue weighted by molar-refractivity contribution is 6.91. The van der Waals surface area contributed by atoms with Gasteiger partial charge in [0, 0.05) is 11.4 Å². The van der Waals surface area contributed by atoms with Crippen LogP contribution in [0.25, 0.3) is 0 Å². The molecule has 0 fully saturated rings. The topological polar surface area (TPSA) is 22.1 Å². The van der Waals surface area contributed by atoms with Crippen LogP contribution in [0, 0.1) is 0 Å². The first kappa shape index (κ1) is 15.2. The van der Waals surface area contributed by atoms with E-state index in [-0.39, 0.29) is 0 Å². The van der Waals surface area contributed by atoms with Crippen LogP contribution < -0.4 is 9.92 Å². The Morgan fingerprint density at radius 2 is 1.61 bits per heavy atom. The van der Waals surface area contributed by atoms with Crippen molar-refractivity contribution in [2.24, 2.45) is 0 Å². The molecule has 1 aromatic heterocycles. The van der Waals surface area contributed by atoms with Gasteiger partial charge < -0.3 is 8.84 Å². The lowest BCUT2D eigenvalue weighted by molar-refractivity contribution is 0.413. The SMILES string of the molecule is COc1cnccc1[Si](F)(C(C)(C)C)C(C)(C)C. The van der Waals surface area contributed by atoms with Gasteiger partial charge in [0.1, 0.15) is 5.75 Å². The zero-order chi connectivity index (χ0) is 14.2. The number of nitrogens with zero attached hydrogens (tertiary/aromatic N) is 1. The highest BCUT2D eigenvalue weighted by Crippen LogP contribution is 2.52. The third-order valence-electron chi connectivity index (χ3n) is 3.44. The van der Waals surface area contributed by atoms with Crippen LogP contribution in [0.1, 0.15) is 41.5 Å². The Bertz CT molecular complexity index is 407. The highest BCUT2D eigenvalue weighted by atomic mass is 28.4. The first-order valence-corrected chi connectivity index (χ1v) is 8.11. The minimum atomic E-state index is -3.26. The Hall–Kier alpha value is -0.903. The summed E-state index contributed by atoms with van der Waals surface area (Å²) in [5.74, 6) is 0.566. The molecule has 0 saturated heterocycles. The number of ether oxygens (including phenoxy) is 1. The number of rotatable bonds is 2. The highest BCUT2D eigenvalue weighted by Gasteiger charge is 2.57. The van der Waals surface area contributed by atoms with Crippen LogP contribution in [0.5, 0.6) is 5.75 Å². The van der Waals surface area contributed by atoms with Gasteiger partial charge in [-0.3, -0.25) is 4.98 Å². The van der Waals surface area contributed by atoms with Crippen LogP contribution in [-0.2, 0) is 0 Å². The third-order valence-corrected chi connectivity index (χ3v) is 8.73. The molecule has 4 heteroatoms. The largest absolute Gasteiger partial charge is 0.495 e. The van der Waals surface area contributed by atoms with E-state index in [1.54, 1.807) is 25.6 Å². The fourth-order valence-electron chi connectivity index (χ4n) is 2.76. The second-order valence-electron chi connectivity index (χ2n) is 6.73. The van der Waals surface area contributed by atoms with Crippen LogP contribution >= 0.6 is 0 Å². The summed E-state index contributed by atoms with van der Waals surface area (Å²) in [6, 6.07) is 1.78. The summed E-state index contributed by atoms with van der Waals surface area (Å²) in [5, 5.41) is -0.0975. The van der Waals surface area contributed by atoms with Crippen LogP contribution in [0.2, 0.25) is 10.1 Å². The molecule has 0 unspecified atom stereocenters. The fourth-order valence-corrected chi connectivity index (χ4v) is 7.44. The van der Waals surface area contributed by atoms with Crippen molar-refractivity contribution >= 4 is 13.6 Å². The van der Waals surface area contributed by atoms with Gasteiger partial charge in [-0.1, -0.05) is 41.5 Å². The molecular weight excluding hydrogens is 245 g/mol. The van der Waals surface area contributed by atoms with Gasteiger partial charge in [-0.2, -0.15) is 0 Å². The zero-order valence-corrected chi connectivity index (χ0v) is 13.5. The summed E-state index contributed by atoms with van der Waals surface area (Å²) in [4.78, 5) is 4.02. The van der Waals surface area contributed by atoms with E-state index in [0.29, 0.717) is 10.9 Å². The van der Waals surface area contributed by atoms with E-state index in [2.05, 4.69) is 4.98 Å². The van der Waals surface area contributed by atoms with Crippen LogP contribution in [-0.4, -0.2) is 20.5 Å². The molecule has 0 aliphatic rings. The van der Waals surface area contributed by atoms with E-state index in [0.717, 1.165) is 0 Å². The van der Waals surface area contributed by atoms with E-state index in [9.17, 15) is 0 Å². The molecule has 0 aliphatic carbocycles. The van der Waals surface area contributed by atoms with Crippen molar-refractivity contribution in [2.75, 3.05) is 7.11 Å². The molecule has 1 aromatic rings. The van der Waals surface area contributed by atoms with Crippen molar-refractivity contribution in [3.63, 3.8) is 0 Å². The van der Waals surface area contributed by atoms with Crippen molar-refractivity contribution in [1.29, 1.82) is 0 Å². The van der Waals surface area contributed by atoms with Gasteiger partial charge in [-0.05, 0) is 16.1 Å². The minimum absolute atomic E-state index is 0.403. The van der Waals surface area contributed by atoms with Crippen molar-refractivity contribution in [3.05, 3.63) is 18.5 Å². The Balaban J connectivity index is 3.56. The first-order valence-electron chi connectivity index (χ1n) is 6.23. The normalized spacial score (nSPS) is 13.6. The van der Waals surface area contributed by atoms with E-state index in [1.165, 1.54) is 0 Å². The molecule has 0 aliphatic heterocycles. The number of methoxy groups -OCH3 is 1. The van der Waals surface area contributed by atoms with Crippen LogP contribution in [0.15, 0.2) is 18.5 Å². The molecule has 0 atom stereocenters. The first-order chi connectivity index (χ1) is 8.05. The maximum Gasteiger partial charge on any atom is 0.291 e. The van der Waals surface area contributed by atoms with Gasteiger partial charge in [-0.15, -0.1) is 0 Å². The van der Waals surface area contributed by atoms with E-state index < -0.39 is 18.5 Å². The van der Waals surface area contributed by atoms with Crippen LogP contribution in [0.3, 0.4) is 0 Å². The van der Waals surface area contributed by atoms with Crippen molar-refractivity contribution in [3.8, 4) is 5.75 Å². The zero-order valence-electron chi connectivity index (χ0n) is 12.5. The summed E-state index contributed by atoms with van der Waals surface area (Å²) in [5.41, 5.74) is 0. The lowest BCUT2D eigenvalue weighted by Crippen LogP contribution is -2.58. The molecule has 18 heavy (non-hydrogen) atoms. The van der Waals surface area contributed by atoms with E-state index in [1.807, 2.05) is 41.5 Å². The average Bonchev–Trinajstić information content (AvgIpc) is 2.24. The Morgan fingerprint density at radius 1 is 1.11 bits per heavy atom. The second-order valence-corrected chi connectivity index (χ2v) is 11.6. The molecule has 0 amide bonds. The molecule has 102 valence electrons. The number of hydrogen-bond acceptors (Lipinski definition) is 2. The molecule has 2 nitrogen and oxygen atoms in total. The molecular formula is C14H24FNOSi. The third kappa shape index (κ3) is 2.30. The molecule has 0 spiro atoms. The summed E-state index contributed by atoms with van der Waals surface area (Å²) >= 11 is 0. The Morgan fingerprint density at radius 3 is 2.00 bits per heavy atom. The standard InChI is InChI=1S/C14H24FNOSi/c1-13(2,3)18(15,14(4,5)6)12-8-9-16-10-11(12)17-7/h8-10H,1-7H3. The molecule has 0 radical (unpaired) electrons. The maximum absolute atomic E-state index is 16.0. The molecule has 0 N–H and O–H groups in total. The summed E-state index contributed by atoms with van der Waals surface area (Å²) in [6.45, 7) is 11.9. The van der Waals surface area contributed by atoms with Gasteiger partial charge in [0.2, 0.25) is 0 Å². The number of halogens is 1. The predicted octanol–water partition coefficient (Wildman–Crippen LogP) is 3.81. The van der Waals surface area contributed by atoms with Gasteiger partial charge in [0.05, 0.1) is 13.3 Å². The van der Waals surface area contributed by atoms with E-state index >= 15 is 4.11 Å².